The maximum absolute atomic E-state index is 12.2. The van der Waals surface area contributed by atoms with Gasteiger partial charge in [-0.25, -0.2) is 0 Å². The highest BCUT2D eigenvalue weighted by atomic mass is 16.5. The van der Waals surface area contributed by atoms with Gasteiger partial charge in [0.05, 0.1) is 25.0 Å². The van der Waals surface area contributed by atoms with Crippen molar-refractivity contribution in [3.05, 3.63) is 48.4 Å². The number of H-pyrrole nitrogens is 1. The molecule has 3 aromatic rings. The van der Waals surface area contributed by atoms with Gasteiger partial charge in [0, 0.05) is 30.6 Å². The van der Waals surface area contributed by atoms with Gasteiger partial charge in [0.15, 0.2) is 0 Å². The third-order valence-electron chi connectivity index (χ3n) is 3.23. The first kappa shape index (κ1) is 13.4. The van der Waals surface area contributed by atoms with Crippen molar-refractivity contribution in [2.24, 2.45) is 0 Å². The highest BCUT2D eigenvalue weighted by molar-refractivity contribution is 6.06. The van der Waals surface area contributed by atoms with E-state index in [9.17, 15) is 4.79 Å². The number of hydrogen-bond donors (Lipinski definition) is 2. The average molecular weight is 284 g/mol. The maximum Gasteiger partial charge on any atom is 0.255 e. The molecular weight excluding hydrogens is 268 g/mol. The molecule has 2 aromatic heterocycles. The van der Waals surface area contributed by atoms with Crippen LogP contribution >= 0.6 is 0 Å². The van der Waals surface area contributed by atoms with Crippen LogP contribution in [0.5, 0.6) is 0 Å². The zero-order chi connectivity index (χ0) is 14.7. The molecule has 0 spiro atoms. The summed E-state index contributed by atoms with van der Waals surface area (Å²) in [5.74, 6) is -0.155. The van der Waals surface area contributed by atoms with Gasteiger partial charge in [-0.2, -0.15) is 5.10 Å². The van der Waals surface area contributed by atoms with Gasteiger partial charge in [-0.1, -0.05) is 6.07 Å². The molecule has 1 amide bonds. The average Bonchev–Trinajstić information content (AvgIpc) is 3.12. The van der Waals surface area contributed by atoms with Gasteiger partial charge in [-0.15, -0.1) is 0 Å². The fraction of sp³-hybridized carbons (Fsp3) is 0.200. The zero-order valence-electron chi connectivity index (χ0n) is 11.7. The van der Waals surface area contributed by atoms with E-state index in [4.69, 9.17) is 4.74 Å². The largest absolute Gasteiger partial charge is 0.383 e. The van der Waals surface area contributed by atoms with E-state index in [1.807, 2.05) is 24.4 Å². The van der Waals surface area contributed by atoms with E-state index in [1.54, 1.807) is 30.3 Å². The van der Waals surface area contributed by atoms with Crippen LogP contribution in [0.4, 0.5) is 5.69 Å². The molecule has 108 valence electrons. The van der Waals surface area contributed by atoms with Crippen LogP contribution in [0.2, 0.25) is 0 Å². The Hall–Kier alpha value is -2.60. The molecule has 0 aliphatic carbocycles. The first-order chi connectivity index (χ1) is 10.3. The van der Waals surface area contributed by atoms with Crippen molar-refractivity contribution < 1.29 is 9.53 Å². The number of aromatic nitrogens is 3. The van der Waals surface area contributed by atoms with Crippen LogP contribution in [-0.2, 0) is 11.3 Å². The Kier molecular flexibility index (Phi) is 3.70. The minimum absolute atomic E-state index is 0.155. The number of nitrogens with zero attached hydrogens (tertiary/aromatic N) is 2. The van der Waals surface area contributed by atoms with E-state index < -0.39 is 0 Å². The van der Waals surface area contributed by atoms with E-state index in [0.29, 0.717) is 24.4 Å². The molecule has 0 saturated heterocycles. The third-order valence-corrected chi connectivity index (χ3v) is 3.23. The lowest BCUT2D eigenvalue weighted by Gasteiger charge is -2.03. The van der Waals surface area contributed by atoms with E-state index in [2.05, 4.69) is 15.4 Å². The van der Waals surface area contributed by atoms with Crippen molar-refractivity contribution in [1.29, 1.82) is 0 Å². The van der Waals surface area contributed by atoms with Crippen LogP contribution in [-0.4, -0.2) is 34.4 Å². The number of carbonyl (C=O) groups excluding carboxylic acids is 1. The second-order valence-electron chi connectivity index (χ2n) is 4.72. The first-order valence-electron chi connectivity index (χ1n) is 6.66. The van der Waals surface area contributed by atoms with Gasteiger partial charge in [0.25, 0.3) is 5.91 Å². The predicted molar refractivity (Wildman–Crippen MR) is 80.4 cm³/mol. The number of methoxy groups -OCH3 is 1. The van der Waals surface area contributed by atoms with E-state index in [1.165, 1.54) is 0 Å². The highest BCUT2D eigenvalue weighted by Crippen LogP contribution is 2.15. The van der Waals surface area contributed by atoms with Crippen molar-refractivity contribution in [3.8, 4) is 0 Å². The minimum Gasteiger partial charge on any atom is -0.383 e. The molecule has 2 heterocycles. The summed E-state index contributed by atoms with van der Waals surface area (Å²) in [6.07, 6.45) is 5.26. The summed E-state index contributed by atoms with van der Waals surface area (Å²) in [5, 5.41) is 8.08. The molecule has 0 aliphatic heterocycles. The van der Waals surface area contributed by atoms with Crippen molar-refractivity contribution in [2.45, 2.75) is 6.54 Å². The number of anilines is 1. The van der Waals surface area contributed by atoms with Crippen LogP contribution in [0.25, 0.3) is 10.9 Å². The molecule has 0 bridgehead atoms. The van der Waals surface area contributed by atoms with Crippen molar-refractivity contribution in [2.75, 3.05) is 19.0 Å². The number of nitrogens with one attached hydrogen (secondary N) is 2. The number of aromatic amines is 1. The molecule has 0 radical (unpaired) electrons. The van der Waals surface area contributed by atoms with Gasteiger partial charge in [-0.3, -0.25) is 9.48 Å². The highest BCUT2D eigenvalue weighted by Gasteiger charge is 2.08. The fourth-order valence-electron chi connectivity index (χ4n) is 2.13. The van der Waals surface area contributed by atoms with Crippen LogP contribution in [0, 0.1) is 0 Å². The Bertz CT molecular complexity index is 760. The normalized spacial score (nSPS) is 10.9. The summed E-state index contributed by atoms with van der Waals surface area (Å²) in [6, 6.07) is 7.53. The molecule has 0 saturated carbocycles. The zero-order valence-corrected chi connectivity index (χ0v) is 11.7. The van der Waals surface area contributed by atoms with Crippen LogP contribution in [0.15, 0.2) is 42.9 Å². The molecule has 0 atom stereocenters. The maximum atomic E-state index is 12.2. The van der Waals surface area contributed by atoms with Crippen molar-refractivity contribution >= 4 is 22.5 Å². The van der Waals surface area contributed by atoms with Crippen LogP contribution < -0.4 is 5.32 Å². The second kappa shape index (κ2) is 5.80. The summed E-state index contributed by atoms with van der Waals surface area (Å²) in [5.41, 5.74) is 2.22. The van der Waals surface area contributed by atoms with Gasteiger partial charge in [0.2, 0.25) is 0 Å². The minimum atomic E-state index is -0.155. The van der Waals surface area contributed by atoms with Crippen LogP contribution in [0.3, 0.4) is 0 Å². The lowest BCUT2D eigenvalue weighted by atomic mass is 10.1. The quantitative estimate of drug-likeness (QED) is 0.755. The Balaban J connectivity index is 1.71. The molecule has 6 heteroatoms. The smallest absolute Gasteiger partial charge is 0.255 e. The summed E-state index contributed by atoms with van der Waals surface area (Å²) in [4.78, 5) is 15.3. The fourth-order valence-corrected chi connectivity index (χ4v) is 2.13. The number of amides is 1. The predicted octanol–water partition coefficient (Wildman–Crippen LogP) is 2.26. The van der Waals surface area contributed by atoms with E-state index in [0.717, 1.165) is 10.9 Å². The molecule has 1 aromatic carbocycles. The number of ether oxygens (including phenoxy) is 1. The van der Waals surface area contributed by atoms with E-state index >= 15 is 0 Å². The number of rotatable bonds is 5. The van der Waals surface area contributed by atoms with Gasteiger partial charge in [0.1, 0.15) is 0 Å². The van der Waals surface area contributed by atoms with Crippen molar-refractivity contribution in [1.82, 2.24) is 14.8 Å². The Labute approximate surface area is 121 Å². The molecule has 2 N–H and O–H groups in total. The Morgan fingerprint density at radius 2 is 2.33 bits per heavy atom. The Morgan fingerprint density at radius 1 is 1.43 bits per heavy atom. The summed E-state index contributed by atoms with van der Waals surface area (Å²) < 4.78 is 6.72. The monoisotopic (exact) mass is 284 g/mol. The lowest BCUT2D eigenvalue weighted by molar-refractivity contribution is 0.102. The van der Waals surface area contributed by atoms with Crippen molar-refractivity contribution in [3.63, 3.8) is 0 Å². The summed E-state index contributed by atoms with van der Waals surface area (Å²) >= 11 is 0. The first-order valence-corrected chi connectivity index (χ1v) is 6.66. The molecule has 0 fully saturated rings. The standard InChI is InChI=1S/C15H16N4O2/c1-21-7-6-19-10-13(9-17-19)18-15(20)12-3-2-11-4-5-16-14(11)8-12/h2-5,8-10,16H,6-7H2,1H3,(H,18,20). The SMILES string of the molecule is COCCn1cc(NC(=O)c2ccc3cc[nH]c3c2)cn1. The molecule has 0 unspecified atom stereocenters. The van der Waals surface area contributed by atoms with Gasteiger partial charge >= 0.3 is 0 Å². The van der Waals surface area contributed by atoms with Crippen LogP contribution in [0.1, 0.15) is 10.4 Å². The number of benzene rings is 1. The second-order valence-corrected chi connectivity index (χ2v) is 4.72. The summed E-state index contributed by atoms with van der Waals surface area (Å²) in [7, 11) is 1.64. The molecule has 21 heavy (non-hydrogen) atoms. The topological polar surface area (TPSA) is 71.9 Å². The number of carbonyl (C=O) groups is 1. The summed E-state index contributed by atoms with van der Waals surface area (Å²) in [6.45, 7) is 1.24. The van der Waals surface area contributed by atoms with E-state index in [-0.39, 0.29) is 5.91 Å². The van der Waals surface area contributed by atoms with Gasteiger partial charge < -0.3 is 15.0 Å². The molecule has 6 nitrogen and oxygen atoms in total. The number of fused-ring (bicyclic) bond motifs is 1. The molecular formula is C15H16N4O2. The third kappa shape index (κ3) is 2.95. The number of hydrogen-bond acceptors (Lipinski definition) is 3. The Morgan fingerprint density at radius 3 is 3.19 bits per heavy atom. The molecule has 0 aliphatic rings. The van der Waals surface area contributed by atoms with Gasteiger partial charge in [-0.05, 0) is 23.6 Å². The molecule has 3 rings (SSSR count). The lowest BCUT2D eigenvalue weighted by Crippen LogP contribution is -2.11.